The Morgan fingerprint density at radius 1 is 0.671 bits per heavy atom. The van der Waals surface area contributed by atoms with E-state index in [1.807, 2.05) is 0 Å². The second kappa shape index (κ2) is 24.0. The molecular formula is C44H55F6N8O11S+. The van der Waals surface area contributed by atoms with Crippen molar-refractivity contribution in [2.45, 2.75) is 116 Å². The number of alkyl halides is 6. The van der Waals surface area contributed by atoms with E-state index in [1.54, 1.807) is 62.3 Å². The number of rotatable bonds is 15. The van der Waals surface area contributed by atoms with Crippen LogP contribution in [-0.4, -0.2) is 82.0 Å². The summed E-state index contributed by atoms with van der Waals surface area (Å²) in [6, 6.07) is 6.97. The molecule has 0 fully saturated rings. The Labute approximate surface area is 402 Å². The number of hydrogen-bond donors (Lipinski definition) is 7. The smallest absolute Gasteiger partial charge is 0.437 e. The molecule has 0 saturated heterocycles. The van der Waals surface area contributed by atoms with E-state index >= 15 is 0 Å². The number of carbonyl (C=O) groups excluding carboxylic acids is 5. The van der Waals surface area contributed by atoms with Gasteiger partial charge in [-0.15, -0.1) is 16.8 Å². The molecule has 0 saturated carbocycles. The molecule has 0 spiro atoms. The summed E-state index contributed by atoms with van der Waals surface area (Å²) in [5.41, 5.74) is -6.90. The molecule has 3 aromatic rings. The SMILES string of the molecule is CC(C)(C)OC(=O)N=C(NCCCCC(=O)Nc1cc(C(F)(F)F)cc(NC(=O)Nc2cccc(Oc3cc([N+](=O)O)cc(C(F)(F)F)c3)c2)c1SCCNC(=O)OC(C)(C)C)NC(=O)OC(C)(C)C. The van der Waals surface area contributed by atoms with Crippen molar-refractivity contribution in [1.82, 2.24) is 16.0 Å². The number of thioether (sulfide) groups is 1. The van der Waals surface area contributed by atoms with Crippen LogP contribution in [0, 0.1) is 4.91 Å². The fourth-order valence-corrected chi connectivity index (χ4v) is 6.39. The van der Waals surface area contributed by atoms with Crippen LogP contribution in [0.2, 0.25) is 0 Å². The summed E-state index contributed by atoms with van der Waals surface area (Å²) < 4.78 is 105. The van der Waals surface area contributed by atoms with Gasteiger partial charge in [0, 0.05) is 43.1 Å². The normalized spacial score (nSPS) is 12.2. The van der Waals surface area contributed by atoms with Crippen molar-refractivity contribution in [2.75, 3.05) is 34.8 Å². The van der Waals surface area contributed by atoms with Crippen LogP contribution >= 0.6 is 11.8 Å². The van der Waals surface area contributed by atoms with Gasteiger partial charge >= 0.3 is 42.4 Å². The predicted octanol–water partition coefficient (Wildman–Crippen LogP) is 11.1. The van der Waals surface area contributed by atoms with Crippen molar-refractivity contribution < 1.29 is 79.4 Å². The summed E-state index contributed by atoms with van der Waals surface area (Å²) in [5.74, 6) is -1.76. The Bertz CT molecular complexity index is 2420. The molecule has 0 aliphatic rings. The van der Waals surface area contributed by atoms with Crippen LogP contribution in [0.15, 0.2) is 64.5 Å². The molecule has 3 rings (SSSR count). The Morgan fingerprint density at radius 2 is 1.26 bits per heavy atom. The fourth-order valence-electron chi connectivity index (χ4n) is 5.45. The molecule has 384 valence electrons. The first-order valence-electron chi connectivity index (χ1n) is 21.1. The molecule has 0 aromatic heterocycles. The zero-order chi connectivity index (χ0) is 52.8. The van der Waals surface area contributed by atoms with Gasteiger partial charge < -0.3 is 45.5 Å². The molecule has 3 aromatic carbocycles. The predicted molar refractivity (Wildman–Crippen MR) is 246 cm³/mol. The average Bonchev–Trinajstić information content (AvgIpc) is 3.17. The number of benzene rings is 3. The van der Waals surface area contributed by atoms with Gasteiger partial charge in [0.25, 0.3) is 4.92 Å². The highest BCUT2D eigenvalue weighted by Gasteiger charge is 2.35. The topological polar surface area (TPSA) is 247 Å². The van der Waals surface area contributed by atoms with Gasteiger partial charge in [0.15, 0.2) is 0 Å². The highest BCUT2D eigenvalue weighted by molar-refractivity contribution is 7.99. The summed E-state index contributed by atoms with van der Waals surface area (Å²) in [7, 11) is 0. The lowest BCUT2D eigenvalue weighted by Gasteiger charge is -2.21. The van der Waals surface area contributed by atoms with E-state index in [2.05, 4.69) is 36.9 Å². The maximum absolute atomic E-state index is 14.4. The van der Waals surface area contributed by atoms with E-state index in [4.69, 9.17) is 18.9 Å². The molecule has 0 aliphatic carbocycles. The molecule has 0 heterocycles. The van der Waals surface area contributed by atoms with E-state index in [0.717, 1.165) is 23.9 Å². The molecule has 70 heavy (non-hydrogen) atoms. The van der Waals surface area contributed by atoms with Crippen molar-refractivity contribution in [3.05, 3.63) is 70.6 Å². The monoisotopic (exact) mass is 1020 g/mol. The molecule has 0 radical (unpaired) electrons. The summed E-state index contributed by atoms with van der Waals surface area (Å²) in [5, 5.41) is 24.0. The van der Waals surface area contributed by atoms with Crippen LogP contribution in [0.1, 0.15) is 92.7 Å². The highest BCUT2D eigenvalue weighted by Crippen LogP contribution is 2.42. The van der Waals surface area contributed by atoms with Crippen LogP contribution in [-0.2, 0) is 31.4 Å². The summed E-state index contributed by atoms with van der Waals surface area (Å²) in [6.45, 7) is 14.5. The van der Waals surface area contributed by atoms with Crippen molar-refractivity contribution in [2.24, 2.45) is 4.99 Å². The van der Waals surface area contributed by atoms with Crippen LogP contribution in [0.4, 0.5) is 68.3 Å². The maximum Gasteiger partial charge on any atom is 0.437 e. The number of aliphatic imine (C=N–C) groups is 1. The number of nitrogens with one attached hydrogen (secondary N) is 6. The standard InChI is InChI=1S/C44H54F6N8O11S/c1-40(2,3)67-37(61)52-17-18-70-34-31(54-33(59)15-10-11-16-51-35(56-38(62)68-41(4,5)6)57-39(63)69-42(7,8)9)21-26(44(48,49)50)22-32(34)55-36(60)53-27-13-12-14-29(23-27)66-30-20-25(43(45,46)47)19-28(24-30)58(64)65/h12-14,19-24H,10-11,15-18H2,1-9H3,(H6-,51,52,53,54,55,56,57,59,60,61,62,63,64,65)/p+1. The summed E-state index contributed by atoms with van der Waals surface area (Å²) in [6.07, 6.45) is -12.6. The van der Waals surface area contributed by atoms with Crippen LogP contribution in [0.25, 0.3) is 0 Å². The number of guanidine groups is 1. The lowest BCUT2D eigenvalue weighted by Crippen LogP contribution is -2.44. The third-order valence-corrected chi connectivity index (χ3v) is 9.20. The molecule has 0 bridgehead atoms. The van der Waals surface area contributed by atoms with Crippen molar-refractivity contribution in [3.8, 4) is 11.5 Å². The Hall–Kier alpha value is -6.99. The van der Waals surface area contributed by atoms with Crippen LogP contribution < -0.4 is 36.6 Å². The zero-order valence-corrected chi connectivity index (χ0v) is 40.4. The molecular weight excluding hydrogens is 963 g/mol. The largest absolute Gasteiger partial charge is 0.457 e. The molecule has 19 nitrogen and oxygen atoms in total. The lowest BCUT2D eigenvalue weighted by molar-refractivity contribution is -0.729. The number of hydrogen-bond acceptors (Lipinski definition) is 11. The minimum absolute atomic E-state index is 0.0169. The quantitative estimate of drug-likeness (QED) is 0.0143. The number of alkyl carbamates (subject to hydrolysis) is 2. The van der Waals surface area contributed by atoms with Crippen LogP contribution in [0.5, 0.6) is 11.5 Å². The number of halogens is 6. The molecule has 6 amide bonds. The van der Waals surface area contributed by atoms with E-state index < -0.39 is 92.5 Å². The zero-order valence-electron chi connectivity index (χ0n) is 39.5. The van der Waals surface area contributed by atoms with Gasteiger partial charge in [-0.2, -0.15) is 26.3 Å². The number of carbonyl (C=O) groups is 5. The number of unbranched alkanes of at least 4 members (excludes halogenated alkanes) is 1. The van der Waals surface area contributed by atoms with E-state index in [0.29, 0.717) is 24.3 Å². The second-order valence-electron chi connectivity index (χ2n) is 17.9. The first-order valence-corrected chi connectivity index (χ1v) is 22.1. The van der Waals surface area contributed by atoms with Crippen molar-refractivity contribution in [1.29, 1.82) is 0 Å². The Kier molecular flexibility index (Phi) is 19.7. The van der Waals surface area contributed by atoms with Crippen molar-refractivity contribution in [3.63, 3.8) is 0 Å². The van der Waals surface area contributed by atoms with Gasteiger partial charge in [-0.3, -0.25) is 10.1 Å². The molecule has 0 aliphatic heterocycles. The van der Waals surface area contributed by atoms with Gasteiger partial charge in [0.1, 0.15) is 28.3 Å². The molecule has 7 N–H and O–H groups in total. The number of urea groups is 1. The third kappa shape index (κ3) is 21.5. The van der Waals surface area contributed by atoms with Gasteiger partial charge in [0.2, 0.25) is 11.9 Å². The van der Waals surface area contributed by atoms with Gasteiger partial charge in [-0.25, -0.2) is 24.4 Å². The number of amides is 6. The Balaban J connectivity index is 1.86. The number of anilines is 3. The highest BCUT2D eigenvalue weighted by atomic mass is 32.2. The van der Waals surface area contributed by atoms with E-state index in [-0.39, 0.29) is 66.1 Å². The van der Waals surface area contributed by atoms with E-state index in [9.17, 15) is 60.4 Å². The lowest BCUT2D eigenvalue weighted by atomic mass is 10.1. The summed E-state index contributed by atoms with van der Waals surface area (Å²) in [4.78, 5) is 78.2. The minimum Gasteiger partial charge on any atom is -0.457 e. The fraction of sp³-hybridized carbons (Fsp3) is 0.455. The van der Waals surface area contributed by atoms with Gasteiger partial charge in [-0.05, 0) is 105 Å². The first-order chi connectivity index (χ1) is 32.2. The second-order valence-corrected chi connectivity index (χ2v) is 19.0. The van der Waals surface area contributed by atoms with E-state index in [1.165, 1.54) is 18.2 Å². The summed E-state index contributed by atoms with van der Waals surface area (Å²) >= 11 is 0.860. The molecule has 0 unspecified atom stereocenters. The number of nitrogens with zero attached hydrogens (tertiary/aromatic N) is 2. The van der Waals surface area contributed by atoms with Crippen molar-refractivity contribution >= 4 is 70.7 Å². The van der Waals surface area contributed by atoms with Gasteiger partial charge in [-0.1, -0.05) is 6.07 Å². The first kappa shape index (κ1) is 57.3. The average molecular weight is 1020 g/mol. The number of ether oxygens (including phenoxy) is 4. The van der Waals surface area contributed by atoms with Crippen LogP contribution in [0.3, 0.4) is 0 Å². The Morgan fingerprint density at radius 3 is 1.84 bits per heavy atom. The maximum atomic E-state index is 14.4. The molecule has 26 heteroatoms. The molecule has 0 atom stereocenters. The minimum atomic E-state index is -5.00. The third-order valence-electron chi connectivity index (χ3n) is 8.06. The van der Waals surface area contributed by atoms with Gasteiger partial charge in [0.05, 0.1) is 38.4 Å².